The number of nitrogens with zero attached hydrogens (tertiary/aromatic N) is 3. The first-order valence-electron chi connectivity index (χ1n) is 5.48. The van der Waals surface area contributed by atoms with Crippen molar-refractivity contribution in [3.8, 4) is 0 Å². The lowest BCUT2D eigenvalue weighted by molar-refractivity contribution is 0.0593. The third-order valence-electron chi connectivity index (χ3n) is 2.66. The van der Waals surface area contributed by atoms with Crippen LogP contribution in [0.4, 0.5) is 5.95 Å². The third kappa shape index (κ3) is 2.52. The lowest BCUT2D eigenvalue weighted by Gasteiger charge is -2.33. The van der Waals surface area contributed by atoms with E-state index in [2.05, 4.69) is 14.7 Å². The zero-order valence-corrected chi connectivity index (χ0v) is 9.92. The van der Waals surface area contributed by atoms with Gasteiger partial charge in [-0.1, -0.05) is 0 Å². The van der Waals surface area contributed by atoms with Crippen LogP contribution in [-0.4, -0.2) is 48.8 Å². The van der Waals surface area contributed by atoms with Crippen molar-refractivity contribution >= 4 is 11.9 Å². The van der Waals surface area contributed by atoms with Gasteiger partial charge in [0.1, 0.15) is 0 Å². The SMILES string of the molecule is COC(=O)c1ccnc(N2CCOCC2C)n1. The average Bonchev–Trinajstić information content (AvgIpc) is 2.38. The van der Waals surface area contributed by atoms with Crippen molar-refractivity contribution in [3.05, 3.63) is 18.0 Å². The molecule has 92 valence electrons. The lowest BCUT2D eigenvalue weighted by Crippen LogP contribution is -2.44. The van der Waals surface area contributed by atoms with Crippen LogP contribution < -0.4 is 4.90 Å². The molecular formula is C11H15N3O3. The van der Waals surface area contributed by atoms with Crippen molar-refractivity contribution in [1.82, 2.24) is 9.97 Å². The third-order valence-corrected chi connectivity index (χ3v) is 2.66. The Bertz CT molecular complexity index is 411. The monoisotopic (exact) mass is 237 g/mol. The Morgan fingerprint density at radius 1 is 1.65 bits per heavy atom. The van der Waals surface area contributed by atoms with Crippen molar-refractivity contribution in [1.29, 1.82) is 0 Å². The van der Waals surface area contributed by atoms with Gasteiger partial charge in [0.05, 0.1) is 26.4 Å². The van der Waals surface area contributed by atoms with E-state index in [0.29, 0.717) is 19.2 Å². The minimum Gasteiger partial charge on any atom is -0.464 e. The largest absolute Gasteiger partial charge is 0.464 e. The van der Waals surface area contributed by atoms with Crippen molar-refractivity contribution in [2.75, 3.05) is 31.8 Å². The van der Waals surface area contributed by atoms with Gasteiger partial charge in [0.15, 0.2) is 5.69 Å². The summed E-state index contributed by atoms with van der Waals surface area (Å²) in [5.74, 6) is 0.0956. The van der Waals surface area contributed by atoms with Gasteiger partial charge in [-0.2, -0.15) is 0 Å². The molecule has 1 fully saturated rings. The maximum Gasteiger partial charge on any atom is 0.356 e. The number of ether oxygens (including phenoxy) is 2. The topological polar surface area (TPSA) is 64.5 Å². The molecule has 1 saturated heterocycles. The molecule has 2 heterocycles. The summed E-state index contributed by atoms with van der Waals surface area (Å²) in [6.45, 7) is 4.06. The summed E-state index contributed by atoms with van der Waals surface area (Å²) >= 11 is 0. The van der Waals surface area contributed by atoms with E-state index in [1.54, 1.807) is 12.3 Å². The maximum atomic E-state index is 11.4. The number of hydrogen-bond acceptors (Lipinski definition) is 6. The van der Waals surface area contributed by atoms with Crippen LogP contribution in [0, 0.1) is 0 Å². The molecule has 1 aliphatic heterocycles. The molecule has 0 radical (unpaired) electrons. The molecule has 0 amide bonds. The van der Waals surface area contributed by atoms with Crippen LogP contribution in [0.2, 0.25) is 0 Å². The van der Waals surface area contributed by atoms with E-state index in [-0.39, 0.29) is 11.7 Å². The zero-order valence-electron chi connectivity index (χ0n) is 9.92. The van der Waals surface area contributed by atoms with E-state index in [0.717, 1.165) is 6.54 Å². The van der Waals surface area contributed by atoms with Gasteiger partial charge in [-0.15, -0.1) is 0 Å². The summed E-state index contributed by atoms with van der Waals surface area (Å²) in [7, 11) is 1.33. The predicted octanol–water partition coefficient (Wildman–Crippen LogP) is 0.488. The molecular weight excluding hydrogens is 222 g/mol. The minimum atomic E-state index is -0.449. The molecule has 1 unspecified atom stereocenters. The van der Waals surface area contributed by atoms with E-state index in [1.165, 1.54) is 7.11 Å². The minimum absolute atomic E-state index is 0.205. The molecule has 2 rings (SSSR count). The first-order chi connectivity index (χ1) is 8.22. The molecule has 1 aromatic rings. The molecule has 0 aromatic carbocycles. The number of rotatable bonds is 2. The van der Waals surface area contributed by atoms with E-state index >= 15 is 0 Å². The molecule has 17 heavy (non-hydrogen) atoms. The lowest BCUT2D eigenvalue weighted by atomic mass is 10.3. The van der Waals surface area contributed by atoms with Gasteiger partial charge in [-0.25, -0.2) is 14.8 Å². The van der Waals surface area contributed by atoms with Crippen molar-refractivity contribution in [3.63, 3.8) is 0 Å². The first-order valence-corrected chi connectivity index (χ1v) is 5.48. The first kappa shape index (κ1) is 11.8. The van der Waals surface area contributed by atoms with Gasteiger partial charge in [0.25, 0.3) is 0 Å². The Balaban J connectivity index is 2.23. The number of carbonyl (C=O) groups excluding carboxylic acids is 1. The van der Waals surface area contributed by atoms with Crippen LogP contribution in [0.1, 0.15) is 17.4 Å². The maximum absolute atomic E-state index is 11.4. The summed E-state index contributed by atoms with van der Waals surface area (Å²) in [6.07, 6.45) is 1.57. The number of aromatic nitrogens is 2. The smallest absolute Gasteiger partial charge is 0.356 e. The summed E-state index contributed by atoms with van der Waals surface area (Å²) in [5, 5.41) is 0. The Hall–Kier alpha value is -1.69. The summed E-state index contributed by atoms with van der Waals surface area (Å²) in [6, 6.07) is 1.75. The molecule has 0 bridgehead atoms. The molecule has 1 aromatic heterocycles. The predicted molar refractivity (Wildman–Crippen MR) is 61.0 cm³/mol. The van der Waals surface area contributed by atoms with Gasteiger partial charge in [-0.05, 0) is 13.0 Å². The van der Waals surface area contributed by atoms with Crippen molar-refractivity contribution in [2.45, 2.75) is 13.0 Å². The molecule has 0 spiro atoms. The second kappa shape index (κ2) is 5.09. The number of hydrogen-bond donors (Lipinski definition) is 0. The van der Waals surface area contributed by atoms with E-state index in [4.69, 9.17) is 4.74 Å². The molecule has 1 aliphatic rings. The number of anilines is 1. The van der Waals surface area contributed by atoms with Crippen LogP contribution in [-0.2, 0) is 9.47 Å². The highest BCUT2D eigenvalue weighted by atomic mass is 16.5. The van der Waals surface area contributed by atoms with E-state index in [9.17, 15) is 4.79 Å². The van der Waals surface area contributed by atoms with Gasteiger partial charge in [0.2, 0.25) is 5.95 Å². The fraction of sp³-hybridized carbons (Fsp3) is 0.545. The van der Waals surface area contributed by atoms with Gasteiger partial charge >= 0.3 is 5.97 Å². The quantitative estimate of drug-likeness (QED) is 0.697. The second-order valence-corrected chi connectivity index (χ2v) is 3.85. The summed E-state index contributed by atoms with van der Waals surface area (Å²) in [4.78, 5) is 21.8. The van der Waals surface area contributed by atoms with Gasteiger partial charge in [-0.3, -0.25) is 0 Å². The average molecular weight is 237 g/mol. The van der Waals surface area contributed by atoms with E-state index in [1.807, 2.05) is 11.8 Å². The number of methoxy groups -OCH3 is 1. The normalized spacial score (nSPS) is 20.1. The zero-order chi connectivity index (χ0) is 12.3. The van der Waals surface area contributed by atoms with Crippen LogP contribution in [0.5, 0.6) is 0 Å². The number of esters is 1. The fourth-order valence-corrected chi connectivity index (χ4v) is 1.73. The number of carbonyl (C=O) groups is 1. The van der Waals surface area contributed by atoms with Gasteiger partial charge in [0, 0.05) is 12.7 Å². The van der Waals surface area contributed by atoms with Crippen LogP contribution >= 0.6 is 0 Å². The van der Waals surface area contributed by atoms with E-state index < -0.39 is 5.97 Å². The molecule has 6 heteroatoms. The number of morpholine rings is 1. The highest BCUT2D eigenvalue weighted by Gasteiger charge is 2.22. The summed E-state index contributed by atoms with van der Waals surface area (Å²) < 4.78 is 9.98. The second-order valence-electron chi connectivity index (χ2n) is 3.85. The molecule has 6 nitrogen and oxygen atoms in total. The highest BCUT2D eigenvalue weighted by molar-refractivity contribution is 5.87. The molecule has 0 N–H and O–H groups in total. The highest BCUT2D eigenvalue weighted by Crippen LogP contribution is 2.14. The Morgan fingerprint density at radius 2 is 2.47 bits per heavy atom. The van der Waals surface area contributed by atoms with Crippen molar-refractivity contribution < 1.29 is 14.3 Å². The van der Waals surface area contributed by atoms with Crippen LogP contribution in [0.3, 0.4) is 0 Å². The fourth-order valence-electron chi connectivity index (χ4n) is 1.73. The molecule has 1 atom stereocenters. The Labute approximate surface area is 99.6 Å². The standard InChI is InChI=1S/C11H15N3O3/c1-8-7-17-6-5-14(8)11-12-4-3-9(13-11)10(15)16-2/h3-4,8H,5-7H2,1-2H3. The molecule has 0 aliphatic carbocycles. The van der Waals surface area contributed by atoms with Crippen LogP contribution in [0.25, 0.3) is 0 Å². The molecule has 0 saturated carbocycles. The Kier molecular flexibility index (Phi) is 3.53. The van der Waals surface area contributed by atoms with Crippen molar-refractivity contribution in [2.24, 2.45) is 0 Å². The summed E-state index contributed by atoms with van der Waals surface area (Å²) in [5.41, 5.74) is 0.274. The van der Waals surface area contributed by atoms with Crippen LogP contribution in [0.15, 0.2) is 12.3 Å². The Morgan fingerprint density at radius 3 is 3.18 bits per heavy atom. The van der Waals surface area contributed by atoms with Gasteiger partial charge < -0.3 is 14.4 Å².